The Labute approximate surface area is 148 Å². The lowest BCUT2D eigenvalue weighted by molar-refractivity contribution is 0.0344. The molecule has 0 radical (unpaired) electrons. The van der Waals surface area contributed by atoms with Gasteiger partial charge in [-0.05, 0) is 52.0 Å². The van der Waals surface area contributed by atoms with Crippen LogP contribution >= 0.6 is 0 Å². The molecule has 1 fully saturated rings. The molecule has 8 heteroatoms. The number of hydrogen-bond acceptors (Lipinski definition) is 5. The maximum Gasteiger partial charge on any atom is 0.265 e. The van der Waals surface area contributed by atoms with Crippen molar-refractivity contribution >= 4 is 21.4 Å². The Morgan fingerprint density at radius 2 is 1.92 bits per heavy atom. The monoisotopic (exact) mass is 364 g/mol. The van der Waals surface area contributed by atoms with Crippen molar-refractivity contribution in [2.75, 3.05) is 22.8 Å². The highest BCUT2D eigenvalue weighted by Gasteiger charge is 2.24. The maximum absolute atomic E-state index is 12.6. The van der Waals surface area contributed by atoms with E-state index in [2.05, 4.69) is 33.7 Å². The minimum Gasteiger partial charge on any atom is -0.375 e. The predicted octanol–water partition coefficient (Wildman–Crippen LogP) is 2.44. The minimum absolute atomic E-state index is 0.182. The van der Waals surface area contributed by atoms with Crippen molar-refractivity contribution in [3.05, 3.63) is 35.7 Å². The van der Waals surface area contributed by atoms with E-state index in [9.17, 15) is 8.42 Å². The lowest BCUT2D eigenvalue weighted by Crippen LogP contribution is -2.47. The fourth-order valence-corrected chi connectivity index (χ4v) is 4.56. The number of benzene rings is 1. The van der Waals surface area contributed by atoms with Gasteiger partial charge in [-0.2, -0.15) is 5.10 Å². The lowest BCUT2D eigenvalue weighted by Gasteiger charge is -2.38. The van der Waals surface area contributed by atoms with E-state index in [0.717, 1.165) is 12.2 Å². The highest BCUT2D eigenvalue weighted by atomic mass is 32.2. The van der Waals surface area contributed by atoms with Crippen molar-refractivity contribution < 1.29 is 13.2 Å². The minimum atomic E-state index is -3.67. The van der Waals surface area contributed by atoms with E-state index in [0.29, 0.717) is 23.7 Å². The van der Waals surface area contributed by atoms with Crippen LogP contribution in [0.1, 0.15) is 25.2 Å². The summed E-state index contributed by atoms with van der Waals surface area (Å²) >= 11 is 0. The number of H-pyrrole nitrogens is 1. The van der Waals surface area contributed by atoms with Gasteiger partial charge in [-0.15, -0.1) is 0 Å². The quantitative estimate of drug-likeness (QED) is 0.870. The number of nitrogens with zero attached hydrogens (tertiary/aromatic N) is 2. The first-order valence-corrected chi connectivity index (χ1v) is 9.79. The van der Waals surface area contributed by atoms with Crippen LogP contribution in [0, 0.1) is 13.8 Å². The van der Waals surface area contributed by atoms with Gasteiger partial charge in [-0.1, -0.05) is 0 Å². The fourth-order valence-electron chi connectivity index (χ4n) is 3.13. The number of sulfonamides is 1. The van der Waals surface area contributed by atoms with Crippen molar-refractivity contribution in [3.63, 3.8) is 0 Å². The van der Waals surface area contributed by atoms with Crippen LogP contribution in [0.2, 0.25) is 0 Å². The van der Waals surface area contributed by atoms with Crippen molar-refractivity contribution in [1.82, 2.24) is 10.2 Å². The van der Waals surface area contributed by atoms with Crippen LogP contribution in [0.15, 0.2) is 29.2 Å². The summed E-state index contributed by atoms with van der Waals surface area (Å²) in [7, 11) is -3.67. The number of anilines is 2. The van der Waals surface area contributed by atoms with E-state index in [-0.39, 0.29) is 17.0 Å². The van der Waals surface area contributed by atoms with Gasteiger partial charge in [-0.3, -0.25) is 9.82 Å². The van der Waals surface area contributed by atoms with Crippen LogP contribution < -0.4 is 9.62 Å². The van der Waals surface area contributed by atoms with Gasteiger partial charge in [0.25, 0.3) is 10.0 Å². The molecule has 2 heterocycles. The number of rotatable bonds is 4. The summed E-state index contributed by atoms with van der Waals surface area (Å²) in [6.45, 7) is 9.04. The molecule has 0 amide bonds. The van der Waals surface area contributed by atoms with Crippen LogP contribution in [0.4, 0.5) is 11.4 Å². The zero-order valence-electron chi connectivity index (χ0n) is 14.9. The summed E-state index contributed by atoms with van der Waals surface area (Å²) in [5.41, 5.74) is 2.56. The van der Waals surface area contributed by atoms with E-state index in [1.807, 2.05) is 12.1 Å². The largest absolute Gasteiger partial charge is 0.375 e. The molecule has 2 N–H and O–H groups in total. The maximum atomic E-state index is 12.6. The number of hydrogen-bond donors (Lipinski definition) is 2. The van der Waals surface area contributed by atoms with E-state index in [4.69, 9.17) is 4.74 Å². The molecule has 2 aromatic rings. The molecule has 1 saturated heterocycles. The van der Waals surface area contributed by atoms with Crippen LogP contribution in [-0.4, -0.2) is 43.9 Å². The molecule has 1 aliphatic heterocycles. The smallest absolute Gasteiger partial charge is 0.265 e. The molecule has 2 unspecified atom stereocenters. The molecule has 25 heavy (non-hydrogen) atoms. The number of aryl methyl sites for hydroxylation is 2. The Bertz CT molecular complexity index is 826. The average Bonchev–Trinajstić information content (AvgIpc) is 2.90. The SMILES string of the molecule is Cc1n[nH]c(C)c1S(=O)(=O)Nc1ccc(N2CC(C)OCC2C)cc1. The van der Waals surface area contributed by atoms with Crippen molar-refractivity contribution in [3.8, 4) is 0 Å². The normalized spacial score (nSPS) is 21.4. The van der Waals surface area contributed by atoms with Gasteiger partial charge in [0.15, 0.2) is 0 Å². The van der Waals surface area contributed by atoms with Crippen LogP contribution in [0.25, 0.3) is 0 Å². The summed E-state index contributed by atoms with van der Waals surface area (Å²) in [5.74, 6) is 0. The van der Waals surface area contributed by atoms with Gasteiger partial charge in [-0.25, -0.2) is 8.42 Å². The molecule has 1 aromatic heterocycles. The first-order valence-electron chi connectivity index (χ1n) is 8.30. The number of nitrogens with one attached hydrogen (secondary N) is 2. The summed E-state index contributed by atoms with van der Waals surface area (Å²) in [6, 6.07) is 7.72. The molecular weight excluding hydrogens is 340 g/mol. The van der Waals surface area contributed by atoms with E-state index < -0.39 is 10.0 Å². The second-order valence-electron chi connectivity index (χ2n) is 6.56. The molecule has 0 aliphatic carbocycles. The second kappa shape index (κ2) is 6.68. The number of ether oxygens (including phenoxy) is 1. The molecular formula is C17H24N4O3S. The average molecular weight is 364 g/mol. The topological polar surface area (TPSA) is 87.3 Å². The first-order chi connectivity index (χ1) is 11.8. The second-order valence-corrected chi connectivity index (χ2v) is 8.18. The van der Waals surface area contributed by atoms with E-state index in [1.165, 1.54) is 0 Å². The third kappa shape index (κ3) is 3.64. The summed E-state index contributed by atoms with van der Waals surface area (Å²) in [5, 5.41) is 6.65. The number of aromatic nitrogens is 2. The molecule has 2 atom stereocenters. The summed E-state index contributed by atoms with van der Waals surface area (Å²) < 4.78 is 33.5. The Morgan fingerprint density at radius 1 is 1.24 bits per heavy atom. The van der Waals surface area contributed by atoms with Crippen molar-refractivity contribution in [1.29, 1.82) is 0 Å². The zero-order chi connectivity index (χ0) is 18.2. The zero-order valence-corrected chi connectivity index (χ0v) is 15.7. The van der Waals surface area contributed by atoms with Crippen molar-refractivity contribution in [2.45, 2.75) is 44.7 Å². The van der Waals surface area contributed by atoms with Crippen LogP contribution in [0.5, 0.6) is 0 Å². The molecule has 3 rings (SSSR count). The van der Waals surface area contributed by atoms with Gasteiger partial charge in [0.05, 0.1) is 24.1 Å². The van der Waals surface area contributed by atoms with Crippen LogP contribution in [-0.2, 0) is 14.8 Å². The molecule has 0 bridgehead atoms. The van der Waals surface area contributed by atoms with Crippen LogP contribution in [0.3, 0.4) is 0 Å². The molecule has 1 aromatic carbocycles. The van der Waals surface area contributed by atoms with Gasteiger partial charge in [0.1, 0.15) is 4.90 Å². The van der Waals surface area contributed by atoms with Gasteiger partial charge >= 0.3 is 0 Å². The number of aromatic amines is 1. The van der Waals surface area contributed by atoms with E-state index in [1.54, 1.807) is 26.0 Å². The summed E-state index contributed by atoms with van der Waals surface area (Å²) in [4.78, 5) is 2.48. The third-order valence-electron chi connectivity index (χ3n) is 4.39. The highest BCUT2D eigenvalue weighted by molar-refractivity contribution is 7.92. The Balaban J connectivity index is 1.79. The van der Waals surface area contributed by atoms with Crippen molar-refractivity contribution in [2.24, 2.45) is 0 Å². The Kier molecular flexibility index (Phi) is 4.75. The van der Waals surface area contributed by atoms with E-state index >= 15 is 0 Å². The fraction of sp³-hybridized carbons (Fsp3) is 0.471. The first kappa shape index (κ1) is 17.8. The highest BCUT2D eigenvalue weighted by Crippen LogP contribution is 2.25. The van der Waals surface area contributed by atoms with Gasteiger partial charge in [0.2, 0.25) is 0 Å². The van der Waals surface area contributed by atoms with Gasteiger partial charge in [0, 0.05) is 24.0 Å². The molecule has 0 saturated carbocycles. The van der Waals surface area contributed by atoms with Gasteiger partial charge < -0.3 is 9.64 Å². The standard InChI is InChI=1S/C17H24N4O3S/c1-11-10-24-12(2)9-21(11)16-7-5-15(6-8-16)20-25(22,23)17-13(3)18-19-14(17)4/h5-8,11-12,20H,9-10H2,1-4H3,(H,18,19). The number of morpholine rings is 1. The Hall–Kier alpha value is -2.06. The Morgan fingerprint density at radius 3 is 2.52 bits per heavy atom. The molecule has 0 spiro atoms. The third-order valence-corrected chi connectivity index (χ3v) is 6.03. The predicted molar refractivity (Wildman–Crippen MR) is 97.5 cm³/mol. The molecule has 1 aliphatic rings. The molecule has 7 nitrogen and oxygen atoms in total. The lowest BCUT2D eigenvalue weighted by atomic mass is 10.1. The molecule has 136 valence electrons. The summed E-state index contributed by atoms with van der Waals surface area (Å²) in [6.07, 6.45) is 0.182.